The molecule has 6 heteroatoms. The number of nitrogens with zero attached hydrogens (tertiary/aromatic N) is 3. The largest absolute Gasteiger partial charge is 0.494 e. The van der Waals surface area contributed by atoms with E-state index in [1.165, 1.54) is 16.1 Å². The summed E-state index contributed by atoms with van der Waals surface area (Å²) in [5, 5.41) is 27.1. The third-order valence-corrected chi connectivity index (χ3v) is 5.31. The Morgan fingerprint density at radius 3 is 2.22 bits per heavy atom. The van der Waals surface area contributed by atoms with Gasteiger partial charge in [-0.15, -0.1) is 5.10 Å². The van der Waals surface area contributed by atoms with Crippen molar-refractivity contribution >= 4 is 11.5 Å². The summed E-state index contributed by atoms with van der Waals surface area (Å²) in [6.45, 7) is 0. The van der Waals surface area contributed by atoms with E-state index in [2.05, 4.69) is 21.7 Å². The van der Waals surface area contributed by atoms with Crippen LogP contribution in [0.2, 0.25) is 0 Å². The molecule has 1 aromatic carbocycles. The van der Waals surface area contributed by atoms with Crippen molar-refractivity contribution in [3.05, 3.63) is 52.9 Å². The first kappa shape index (κ1) is 12.9. The fourth-order valence-electron chi connectivity index (χ4n) is 3.76. The Morgan fingerprint density at radius 2 is 1.65 bits per heavy atom. The standard InChI is InChI=1S/C17H13N3O2S/c21-16-14-10-1-2-11(7-10)15(14)17(22)20(16)12-5-3-9(4-6-12)13-8-23-19-18-13/h1-6,8,10-11,21-22H,7H2/t10-,11+. The zero-order chi connectivity index (χ0) is 15.6. The Bertz CT molecular complexity index is 890. The zero-order valence-corrected chi connectivity index (χ0v) is 12.9. The van der Waals surface area contributed by atoms with Gasteiger partial charge in [0.2, 0.25) is 11.8 Å². The molecule has 0 aliphatic heterocycles. The van der Waals surface area contributed by atoms with Crippen LogP contribution in [-0.2, 0) is 0 Å². The summed E-state index contributed by atoms with van der Waals surface area (Å²) in [5.41, 5.74) is 4.28. The van der Waals surface area contributed by atoms with Crippen molar-refractivity contribution < 1.29 is 10.2 Å². The summed E-state index contributed by atoms with van der Waals surface area (Å²) in [5.74, 6) is 0.750. The van der Waals surface area contributed by atoms with Crippen LogP contribution in [0, 0.1) is 0 Å². The van der Waals surface area contributed by atoms with Crippen LogP contribution in [0.15, 0.2) is 41.8 Å². The van der Waals surface area contributed by atoms with Gasteiger partial charge in [0, 0.05) is 33.9 Å². The van der Waals surface area contributed by atoms with Gasteiger partial charge in [0.05, 0.1) is 5.69 Å². The van der Waals surface area contributed by atoms with Gasteiger partial charge in [0.25, 0.3) is 0 Å². The van der Waals surface area contributed by atoms with Crippen molar-refractivity contribution in [2.75, 3.05) is 0 Å². The fourth-order valence-corrected chi connectivity index (χ4v) is 4.22. The predicted octanol–water partition coefficient (Wildman–Crippen LogP) is 3.55. The van der Waals surface area contributed by atoms with E-state index in [0.717, 1.165) is 34.5 Å². The Kier molecular flexibility index (Phi) is 2.50. The minimum absolute atomic E-state index is 0.150. The maximum atomic E-state index is 10.6. The van der Waals surface area contributed by atoms with Gasteiger partial charge in [-0.05, 0) is 30.1 Å². The number of aromatic hydroxyl groups is 2. The first-order valence-corrected chi connectivity index (χ1v) is 8.30. The monoisotopic (exact) mass is 323 g/mol. The lowest BCUT2D eigenvalue weighted by Gasteiger charge is -2.10. The molecular weight excluding hydrogens is 310 g/mol. The molecule has 0 saturated carbocycles. The molecule has 2 heterocycles. The number of allylic oxidation sites excluding steroid dienone is 2. The van der Waals surface area contributed by atoms with Gasteiger partial charge in [-0.2, -0.15) is 0 Å². The lowest BCUT2D eigenvalue weighted by molar-refractivity contribution is 0.395. The van der Waals surface area contributed by atoms with Crippen LogP contribution in [0.25, 0.3) is 16.9 Å². The van der Waals surface area contributed by atoms with Gasteiger partial charge in [0.15, 0.2) is 0 Å². The molecule has 0 radical (unpaired) electrons. The van der Waals surface area contributed by atoms with E-state index in [-0.39, 0.29) is 23.6 Å². The van der Waals surface area contributed by atoms with Crippen LogP contribution in [0.3, 0.4) is 0 Å². The molecule has 23 heavy (non-hydrogen) atoms. The molecule has 3 aromatic rings. The van der Waals surface area contributed by atoms with Gasteiger partial charge in [-0.3, -0.25) is 4.57 Å². The summed E-state index contributed by atoms with van der Waals surface area (Å²) in [6.07, 6.45) is 5.20. The van der Waals surface area contributed by atoms with Crippen LogP contribution < -0.4 is 0 Å². The van der Waals surface area contributed by atoms with Gasteiger partial charge in [-0.25, -0.2) is 0 Å². The van der Waals surface area contributed by atoms with E-state index in [0.29, 0.717) is 0 Å². The zero-order valence-electron chi connectivity index (χ0n) is 12.0. The number of rotatable bonds is 2. The van der Waals surface area contributed by atoms with E-state index >= 15 is 0 Å². The molecule has 2 N–H and O–H groups in total. The molecule has 2 atom stereocenters. The van der Waals surface area contributed by atoms with E-state index < -0.39 is 0 Å². The highest BCUT2D eigenvalue weighted by molar-refractivity contribution is 7.03. The maximum Gasteiger partial charge on any atom is 0.202 e. The van der Waals surface area contributed by atoms with Gasteiger partial charge in [0.1, 0.15) is 5.69 Å². The van der Waals surface area contributed by atoms with Gasteiger partial charge >= 0.3 is 0 Å². The minimum atomic E-state index is 0.150. The smallest absolute Gasteiger partial charge is 0.202 e. The number of hydrogen-bond acceptors (Lipinski definition) is 5. The predicted molar refractivity (Wildman–Crippen MR) is 87.2 cm³/mol. The van der Waals surface area contributed by atoms with Crippen LogP contribution in [0.5, 0.6) is 11.8 Å². The molecular formula is C17H13N3O2S. The van der Waals surface area contributed by atoms with Crippen molar-refractivity contribution in [3.63, 3.8) is 0 Å². The van der Waals surface area contributed by atoms with Crippen molar-refractivity contribution in [2.24, 2.45) is 0 Å². The summed E-state index contributed by atoms with van der Waals surface area (Å²) in [7, 11) is 0. The van der Waals surface area contributed by atoms with Crippen LogP contribution >= 0.6 is 11.5 Å². The first-order chi connectivity index (χ1) is 11.2. The number of fused-ring (bicyclic) bond motifs is 5. The summed E-state index contributed by atoms with van der Waals surface area (Å²) < 4.78 is 5.39. The van der Waals surface area contributed by atoms with Gasteiger partial charge < -0.3 is 10.2 Å². The molecule has 2 bridgehead atoms. The SMILES string of the molecule is Oc1c2c(c(O)n1-c1ccc(-c3csnn3)cc1)[C@H]1C=C[C@@H]2C1. The Morgan fingerprint density at radius 1 is 1.00 bits per heavy atom. The fraction of sp³-hybridized carbons (Fsp3) is 0.176. The van der Waals surface area contributed by atoms with Crippen molar-refractivity contribution in [3.8, 4) is 28.7 Å². The lowest BCUT2D eigenvalue weighted by Crippen LogP contribution is -1.95. The highest BCUT2D eigenvalue weighted by atomic mass is 32.1. The second kappa shape index (κ2) is 4.45. The Labute approximate surface area is 136 Å². The molecule has 2 aromatic heterocycles. The van der Waals surface area contributed by atoms with Crippen LogP contribution in [-0.4, -0.2) is 24.4 Å². The molecule has 2 aliphatic rings. The lowest BCUT2D eigenvalue weighted by atomic mass is 10.0. The molecule has 0 amide bonds. The highest BCUT2D eigenvalue weighted by Crippen LogP contribution is 2.57. The second-order valence-electron chi connectivity index (χ2n) is 5.98. The van der Waals surface area contributed by atoms with Crippen LogP contribution in [0.1, 0.15) is 29.4 Å². The van der Waals surface area contributed by atoms with Crippen molar-refractivity contribution in [2.45, 2.75) is 18.3 Å². The molecule has 0 spiro atoms. The second-order valence-corrected chi connectivity index (χ2v) is 6.59. The normalized spacial score (nSPS) is 21.0. The van der Waals surface area contributed by atoms with E-state index in [4.69, 9.17) is 0 Å². The molecule has 2 aliphatic carbocycles. The molecule has 5 nitrogen and oxygen atoms in total. The molecule has 114 valence electrons. The topological polar surface area (TPSA) is 71.2 Å². The molecule has 0 saturated heterocycles. The Hall–Kier alpha value is -2.60. The number of hydrogen-bond donors (Lipinski definition) is 2. The summed E-state index contributed by atoms with van der Waals surface area (Å²) in [6, 6.07) is 7.59. The quantitative estimate of drug-likeness (QED) is 0.708. The Balaban J connectivity index is 1.61. The third-order valence-electron chi connectivity index (χ3n) is 4.80. The van der Waals surface area contributed by atoms with Crippen molar-refractivity contribution in [1.82, 2.24) is 14.2 Å². The average molecular weight is 323 g/mol. The molecule has 0 fully saturated rings. The molecule has 0 unspecified atom stereocenters. The average Bonchev–Trinajstić information content (AvgIpc) is 3.33. The minimum Gasteiger partial charge on any atom is -0.494 e. The van der Waals surface area contributed by atoms with Gasteiger partial charge in [-0.1, -0.05) is 28.8 Å². The summed E-state index contributed by atoms with van der Waals surface area (Å²) >= 11 is 1.31. The third kappa shape index (κ3) is 1.66. The highest BCUT2D eigenvalue weighted by Gasteiger charge is 2.41. The maximum absolute atomic E-state index is 10.6. The van der Waals surface area contributed by atoms with E-state index in [9.17, 15) is 10.2 Å². The van der Waals surface area contributed by atoms with Crippen LogP contribution in [0.4, 0.5) is 0 Å². The van der Waals surface area contributed by atoms with Crippen molar-refractivity contribution in [1.29, 1.82) is 0 Å². The van der Waals surface area contributed by atoms with E-state index in [1.807, 2.05) is 29.6 Å². The molecule has 5 rings (SSSR count). The van der Waals surface area contributed by atoms with E-state index in [1.54, 1.807) is 0 Å². The summed E-state index contributed by atoms with van der Waals surface area (Å²) in [4.78, 5) is 0. The number of benzene rings is 1. The number of aromatic nitrogens is 3. The first-order valence-electron chi connectivity index (χ1n) is 7.46.